The largest absolute Gasteiger partial charge is 0.489 e. The first-order valence-corrected chi connectivity index (χ1v) is 8.77. The van der Waals surface area contributed by atoms with Crippen molar-refractivity contribution in [1.82, 2.24) is 9.97 Å². The Kier molecular flexibility index (Phi) is 4.63. The van der Waals surface area contributed by atoms with Crippen LogP contribution in [-0.2, 0) is 6.61 Å². The van der Waals surface area contributed by atoms with E-state index in [1.54, 1.807) is 24.3 Å². The van der Waals surface area contributed by atoms with Crippen LogP contribution in [0.4, 0.5) is 0 Å². The number of rotatable bonds is 4. The summed E-state index contributed by atoms with van der Waals surface area (Å²) < 4.78 is 11.1. The van der Waals surface area contributed by atoms with Crippen LogP contribution in [0.15, 0.2) is 75.6 Å². The number of hydrogen-bond donors (Lipinski definition) is 3. The van der Waals surface area contributed by atoms with Crippen LogP contribution in [0.25, 0.3) is 0 Å². The van der Waals surface area contributed by atoms with Crippen molar-refractivity contribution in [2.75, 3.05) is 0 Å². The lowest BCUT2D eigenvalue weighted by Crippen LogP contribution is -2.33. The van der Waals surface area contributed by atoms with Crippen molar-refractivity contribution in [2.24, 2.45) is 5.73 Å². The molecule has 1 aliphatic heterocycles. The number of aromatic nitrogens is 2. The molecular formula is C21H16N4O4. The Hall–Kier alpha value is -4.25. The van der Waals surface area contributed by atoms with E-state index < -0.39 is 17.2 Å². The zero-order valence-electron chi connectivity index (χ0n) is 15.1. The highest BCUT2D eigenvalue weighted by atomic mass is 16.5. The van der Waals surface area contributed by atoms with Crippen molar-refractivity contribution in [3.8, 4) is 17.7 Å². The molecule has 1 aromatic heterocycles. The van der Waals surface area contributed by atoms with Gasteiger partial charge in [0, 0.05) is 0 Å². The maximum atomic E-state index is 12.4. The number of H-pyrrole nitrogens is 2. The zero-order chi connectivity index (χ0) is 20.4. The Morgan fingerprint density at radius 2 is 1.79 bits per heavy atom. The second kappa shape index (κ2) is 7.40. The third-order valence-electron chi connectivity index (χ3n) is 4.58. The molecule has 4 rings (SSSR count). The topological polar surface area (TPSA) is 134 Å². The van der Waals surface area contributed by atoms with Crippen LogP contribution >= 0.6 is 0 Å². The average molecular weight is 388 g/mol. The summed E-state index contributed by atoms with van der Waals surface area (Å²) in [6.07, 6.45) is 0. The van der Waals surface area contributed by atoms with Crippen molar-refractivity contribution >= 4 is 0 Å². The van der Waals surface area contributed by atoms with E-state index in [1.807, 2.05) is 36.4 Å². The van der Waals surface area contributed by atoms with E-state index in [4.69, 9.17) is 15.2 Å². The van der Waals surface area contributed by atoms with Gasteiger partial charge < -0.3 is 15.2 Å². The van der Waals surface area contributed by atoms with E-state index in [2.05, 4.69) is 9.97 Å². The lowest BCUT2D eigenvalue weighted by Gasteiger charge is -2.24. The summed E-state index contributed by atoms with van der Waals surface area (Å²) in [5, 5.41) is 9.55. The number of allylic oxidation sites excluding steroid dienone is 1. The van der Waals surface area contributed by atoms with Crippen LogP contribution in [0.3, 0.4) is 0 Å². The van der Waals surface area contributed by atoms with Crippen LogP contribution in [0, 0.1) is 11.3 Å². The van der Waals surface area contributed by atoms with Crippen molar-refractivity contribution in [3.05, 3.63) is 104 Å². The third-order valence-corrected chi connectivity index (χ3v) is 4.58. The van der Waals surface area contributed by atoms with Gasteiger partial charge in [0.25, 0.3) is 5.56 Å². The van der Waals surface area contributed by atoms with Gasteiger partial charge >= 0.3 is 5.69 Å². The van der Waals surface area contributed by atoms with E-state index >= 15 is 0 Å². The van der Waals surface area contributed by atoms with Crippen LogP contribution in [-0.4, -0.2) is 9.97 Å². The predicted octanol–water partition coefficient (Wildman–Crippen LogP) is 1.86. The molecule has 0 amide bonds. The summed E-state index contributed by atoms with van der Waals surface area (Å²) in [5.74, 6) is -0.358. The number of benzene rings is 2. The van der Waals surface area contributed by atoms with E-state index in [9.17, 15) is 14.9 Å². The lowest BCUT2D eigenvalue weighted by atomic mass is 9.85. The molecule has 8 heteroatoms. The van der Waals surface area contributed by atoms with Gasteiger partial charge in [0.15, 0.2) is 0 Å². The Labute approximate surface area is 164 Å². The molecule has 0 saturated heterocycles. The minimum absolute atomic E-state index is 0.0651. The molecule has 0 bridgehead atoms. The SMILES string of the molecule is N#CC1=C(N)Oc2[nH]c(=O)[nH]c(=O)c2C1c1ccc(OCc2ccccc2)cc1. The first kappa shape index (κ1) is 18.1. The molecule has 2 aromatic carbocycles. The minimum Gasteiger partial charge on any atom is -0.489 e. The van der Waals surface area contributed by atoms with Gasteiger partial charge in [-0.2, -0.15) is 5.26 Å². The van der Waals surface area contributed by atoms with Crippen LogP contribution in [0.5, 0.6) is 11.6 Å². The number of aromatic amines is 2. The first-order chi connectivity index (χ1) is 14.1. The average Bonchev–Trinajstić information content (AvgIpc) is 2.72. The Morgan fingerprint density at radius 1 is 1.07 bits per heavy atom. The van der Waals surface area contributed by atoms with E-state index in [-0.39, 0.29) is 22.9 Å². The quantitative estimate of drug-likeness (QED) is 0.625. The monoisotopic (exact) mass is 388 g/mol. The molecule has 4 N–H and O–H groups in total. The van der Waals surface area contributed by atoms with Gasteiger partial charge in [0.1, 0.15) is 24.0 Å². The summed E-state index contributed by atoms with van der Waals surface area (Å²) in [4.78, 5) is 28.6. The van der Waals surface area contributed by atoms with E-state index in [0.717, 1.165) is 5.56 Å². The molecule has 1 aliphatic rings. The number of nitriles is 1. The fourth-order valence-corrected chi connectivity index (χ4v) is 3.22. The number of nitrogens with two attached hydrogens (primary N) is 1. The lowest BCUT2D eigenvalue weighted by molar-refractivity contribution is 0.306. The normalized spacial score (nSPS) is 15.2. The van der Waals surface area contributed by atoms with Crippen molar-refractivity contribution < 1.29 is 9.47 Å². The van der Waals surface area contributed by atoms with Crippen LogP contribution < -0.4 is 26.5 Å². The number of hydrogen-bond acceptors (Lipinski definition) is 6. The smallest absolute Gasteiger partial charge is 0.328 e. The fraction of sp³-hybridized carbons (Fsp3) is 0.0952. The van der Waals surface area contributed by atoms with Gasteiger partial charge in [-0.05, 0) is 23.3 Å². The summed E-state index contributed by atoms with van der Waals surface area (Å²) in [7, 11) is 0. The van der Waals surface area contributed by atoms with Crippen LogP contribution in [0.2, 0.25) is 0 Å². The van der Waals surface area contributed by atoms with Gasteiger partial charge in [0.2, 0.25) is 11.8 Å². The zero-order valence-corrected chi connectivity index (χ0v) is 15.1. The van der Waals surface area contributed by atoms with E-state index in [1.165, 1.54) is 0 Å². The highest BCUT2D eigenvalue weighted by Crippen LogP contribution is 2.38. The summed E-state index contributed by atoms with van der Waals surface area (Å²) in [6.45, 7) is 0.414. The van der Waals surface area contributed by atoms with Gasteiger partial charge in [0.05, 0.1) is 11.5 Å². The molecule has 0 aliphatic carbocycles. The molecule has 2 heterocycles. The second-order valence-corrected chi connectivity index (χ2v) is 6.42. The maximum Gasteiger partial charge on any atom is 0.328 e. The Bertz CT molecular complexity index is 1230. The van der Waals surface area contributed by atoms with Gasteiger partial charge in [-0.25, -0.2) is 4.79 Å². The molecule has 144 valence electrons. The number of fused-ring (bicyclic) bond motifs is 1. The van der Waals surface area contributed by atoms with Crippen molar-refractivity contribution in [1.29, 1.82) is 5.26 Å². The highest BCUT2D eigenvalue weighted by molar-refractivity contribution is 5.53. The number of nitrogens with zero attached hydrogens (tertiary/aromatic N) is 1. The van der Waals surface area contributed by atoms with Crippen molar-refractivity contribution in [3.63, 3.8) is 0 Å². The molecule has 0 radical (unpaired) electrons. The van der Waals surface area contributed by atoms with Gasteiger partial charge in [-0.1, -0.05) is 42.5 Å². The summed E-state index contributed by atoms with van der Waals surface area (Å²) in [6, 6.07) is 18.7. The molecule has 8 nitrogen and oxygen atoms in total. The standard InChI is InChI=1S/C21H16N4O4/c22-10-15-16(17-19(26)24-21(27)25-20(17)29-18(15)23)13-6-8-14(9-7-13)28-11-12-4-2-1-3-5-12/h1-9,16H,11,23H2,(H2,24,25,26,27). The maximum absolute atomic E-state index is 12.4. The third kappa shape index (κ3) is 3.49. The second-order valence-electron chi connectivity index (χ2n) is 6.42. The molecule has 3 aromatic rings. The summed E-state index contributed by atoms with van der Waals surface area (Å²) in [5.41, 5.74) is 6.37. The Balaban J connectivity index is 1.68. The highest BCUT2D eigenvalue weighted by Gasteiger charge is 2.34. The number of ether oxygens (including phenoxy) is 2. The molecule has 0 fully saturated rings. The van der Waals surface area contributed by atoms with Gasteiger partial charge in [-0.15, -0.1) is 0 Å². The first-order valence-electron chi connectivity index (χ1n) is 8.77. The van der Waals surface area contributed by atoms with Crippen molar-refractivity contribution in [2.45, 2.75) is 12.5 Å². The number of nitrogens with one attached hydrogen (secondary N) is 2. The Morgan fingerprint density at radius 3 is 2.48 bits per heavy atom. The molecular weight excluding hydrogens is 372 g/mol. The molecule has 0 saturated carbocycles. The molecule has 1 unspecified atom stereocenters. The molecule has 29 heavy (non-hydrogen) atoms. The van der Waals surface area contributed by atoms with E-state index in [0.29, 0.717) is 17.9 Å². The van der Waals surface area contributed by atoms with Crippen LogP contribution in [0.1, 0.15) is 22.6 Å². The fourth-order valence-electron chi connectivity index (χ4n) is 3.22. The predicted molar refractivity (Wildman–Crippen MR) is 104 cm³/mol. The van der Waals surface area contributed by atoms with Gasteiger partial charge in [-0.3, -0.25) is 14.8 Å². The molecule has 1 atom stereocenters. The summed E-state index contributed by atoms with van der Waals surface area (Å²) >= 11 is 0. The minimum atomic E-state index is -0.771. The molecule has 0 spiro atoms.